The summed E-state index contributed by atoms with van der Waals surface area (Å²) in [6.45, 7) is 2.66. The second kappa shape index (κ2) is 8.72. The summed E-state index contributed by atoms with van der Waals surface area (Å²) in [4.78, 5) is 19.3. The van der Waals surface area contributed by atoms with Crippen LogP contribution in [0.2, 0.25) is 5.02 Å². The van der Waals surface area contributed by atoms with Crippen LogP contribution in [0.1, 0.15) is 40.4 Å². The van der Waals surface area contributed by atoms with Gasteiger partial charge in [0.1, 0.15) is 0 Å². The van der Waals surface area contributed by atoms with Crippen molar-refractivity contribution in [3.8, 4) is 0 Å². The van der Waals surface area contributed by atoms with E-state index < -0.39 is 0 Å². The van der Waals surface area contributed by atoms with Crippen LogP contribution in [0.5, 0.6) is 0 Å². The Morgan fingerprint density at radius 2 is 2.00 bits per heavy atom. The number of benzene rings is 2. The van der Waals surface area contributed by atoms with Gasteiger partial charge in [-0.2, -0.15) is 0 Å². The SMILES string of the molecule is Cc1cccc(Cl)c1C1CC(CNC(=O)c2cncc3ccccc23)CC(N)N1C. The number of aromatic nitrogens is 1. The van der Waals surface area contributed by atoms with E-state index in [-0.39, 0.29) is 24.0 Å². The highest BCUT2D eigenvalue weighted by atomic mass is 35.5. The molecular weight excluding hydrogens is 396 g/mol. The first-order valence-corrected chi connectivity index (χ1v) is 10.7. The molecule has 2 aromatic carbocycles. The van der Waals surface area contributed by atoms with Gasteiger partial charge in [0.15, 0.2) is 0 Å². The highest BCUT2D eigenvalue weighted by molar-refractivity contribution is 6.31. The van der Waals surface area contributed by atoms with E-state index in [2.05, 4.69) is 35.2 Å². The van der Waals surface area contributed by atoms with Gasteiger partial charge < -0.3 is 11.1 Å². The van der Waals surface area contributed by atoms with E-state index >= 15 is 0 Å². The second-order valence-electron chi connectivity index (χ2n) is 8.17. The fourth-order valence-corrected chi connectivity index (χ4v) is 4.85. The number of piperidine rings is 1. The maximum Gasteiger partial charge on any atom is 0.253 e. The normalized spacial score (nSPS) is 22.2. The molecule has 0 saturated carbocycles. The zero-order chi connectivity index (χ0) is 21.3. The van der Waals surface area contributed by atoms with Crippen LogP contribution in [-0.2, 0) is 0 Å². The molecule has 5 nitrogen and oxygen atoms in total. The summed E-state index contributed by atoms with van der Waals surface area (Å²) < 4.78 is 0. The number of halogens is 1. The molecule has 0 radical (unpaired) electrons. The minimum absolute atomic E-state index is 0.0828. The fraction of sp³-hybridized carbons (Fsp3) is 0.333. The third kappa shape index (κ3) is 4.06. The number of amides is 1. The third-order valence-electron chi connectivity index (χ3n) is 6.21. The summed E-state index contributed by atoms with van der Waals surface area (Å²) in [6.07, 6.45) is 5.04. The lowest BCUT2D eigenvalue weighted by atomic mass is 9.84. The maximum atomic E-state index is 12.9. The van der Waals surface area contributed by atoms with Crippen molar-refractivity contribution in [1.82, 2.24) is 15.2 Å². The quantitative estimate of drug-likeness (QED) is 0.657. The first-order valence-electron chi connectivity index (χ1n) is 10.3. The predicted octanol–water partition coefficient (Wildman–Crippen LogP) is 4.29. The molecule has 1 fully saturated rings. The van der Waals surface area contributed by atoms with Crippen LogP contribution in [0, 0.1) is 12.8 Å². The third-order valence-corrected chi connectivity index (χ3v) is 6.54. The van der Waals surface area contributed by atoms with E-state index in [0.717, 1.165) is 39.8 Å². The Morgan fingerprint density at radius 3 is 2.80 bits per heavy atom. The van der Waals surface area contributed by atoms with Crippen LogP contribution in [0.15, 0.2) is 54.9 Å². The molecule has 156 valence electrons. The number of nitrogens with zero attached hydrogens (tertiary/aromatic N) is 2. The van der Waals surface area contributed by atoms with E-state index in [1.165, 1.54) is 0 Å². The van der Waals surface area contributed by atoms with Gasteiger partial charge >= 0.3 is 0 Å². The van der Waals surface area contributed by atoms with Crippen LogP contribution in [0.3, 0.4) is 0 Å². The summed E-state index contributed by atoms with van der Waals surface area (Å²) in [6, 6.07) is 13.9. The van der Waals surface area contributed by atoms with Crippen molar-refractivity contribution in [2.24, 2.45) is 11.7 Å². The van der Waals surface area contributed by atoms with Gasteiger partial charge in [-0.3, -0.25) is 14.7 Å². The van der Waals surface area contributed by atoms with Crippen molar-refractivity contribution in [2.45, 2.75) is 32.0 Å². The molecule has 6 heteroatoms. The molecule has 1 aliphatic heterocycles. The largest absolute Gasteiger partial charge is 0.352 e. The summed E-state index contributed by atoms with van der Waals surface area (Å²) in [5, 5.41) is 5.75. The van der Waals surface area contributed by atoms with Crippen LogP contribution in [0.4, 0.5) is 0 Å². The van der Waals surface area contributed by atoms with Crippen molar-refractivity contribution in [1.29, 1.82) is 0 Å². The average Bonchev–Trinajstić information content (AvgIpc) is 2.74. The van der Waals surface area contributed by atoms with E-state index in [0.29, 0.717) is 12.1 Å². The Bertz CT molecular complexity index is 1040. The Morgan fingerprint density at radius 1 is 1.20 bits per heavy atom. The minimum Gasteiger partial charge on any atom is -0.352 e. The number of rotatable bonds is 4. The molecule has 3 N–H and O–H groups in total. The van der Waals surface area contributed by atoms with Crippen LogP contribution >= 0.6 is 11.6 Å². The average molecular weight is 423 g/mol. The van der Waals surface area contributed by atoms with Crippen molar-refractivity contribution in [2.75, 3.05) is 13.6 Å². The number of pyridine rings is 1. The molecule has 0 bridgehead atoms. The molecule has 4 rings (SSSR count). The lowest BCUT2D eigenvalue weighted by Crippen LogP contribution is -2.49. The molecule has 0 spiro atoms. The van der Waals surface area contributed by atoms with Gasteiger partial charge in [0.25, 0.3) is 5.91 Å². The van der Waals surface area contributed by atoms with Gasteiger partial charge in [0, 0.05) is 35.4 Å². The highest BCUT2D eigenvalue weighted by Gasteiger charge is 2.34. The van der Waals surface area contributed by atoms with Crippen LogP contribution in [0.25, 0.3) is 10.8 Å². The van der Waals surface area contributed by atoms with E-state index in [9.17, 15) is 4.79 Å². The molecule has 3 aromatic rings. The van der Waals surface area contributed by atoms with Crippen molar-refractivity contribution < 1.29 is 4.79 Å². The van der Waals surface area contributed by atoms with Gasteiger partial charge in [-0.1, -0.05) is 48.0 Å². The lowest BCUT2D eigenvalue weighted by Gasteiger charge is -2.42. The van der Waals surface area contributed by atoms with Gasteiger partial charge in [-0.25, -0.2) is 0 Å². The number of hydrogen-bond acceptors (Lipinski definition) is 4. The first kappa shape index (κ1) is 20.8. The number of likely N-dealkylation sites (tertiary alicyclic amines) is 1. The Balaban J connectivity index is 1.50. The maximum absolute atomic E-state index is 12.9. The van der Waals surface area contributed by atoms with E-state index in [4.69, 9.17) is 17.3 Å². The molecule has 30 heavy (non-hydrogen) atoms. The first-order chi connectivity index (χ1) is 14.5. The molecule has 1 amide bonds. The number of aryl methyl sites for hydroxylation is 1. The monoisotopic (exact) mass is 422 g/mol. The molecule has 1 saturated heterocycles. The van der Waals surface area contributed by atoms with Gasteiger partial charge in [0.05, 0.1) is 11.7 Å². The Hall–Kier alpha value is -2.47. The van der Waals surface area contributed by atoms with Crippen LogP contribution < -0.4 is 11.1 Å². The summed E-state index contributed by atoms with van der Waals surface area (Å²) >= 11 is 6.54. The Kier molecular flexibility index (Phi) is 6.04. The lowest BCUT2D eigenvalue weighted by molar-refractivity contribution is 0.0752. The van der Waals surface area contributed by atoms with Crippen molar-refractivity contribution in [3.05, 3.63) is 76.6 Å². The molecular formula is C24H27ClN4O. The second-order valence-corrected chi connectivity index (χ2v) is 8.58. The summed E-state index contributed by atoms with van der Waals surface area (Å²) in [7, 11) is 2.05. The molecule has 1 aromatic heterocycles. The number of hydrogen-bond donors (Lipinski definition) is 2. The minimum atomic E-state index is -0.0997. The Labute approximate surface area is 182 Å². The summed E-state index contributed by atoms with van der Waals surface area (Å²) in [5.41, 5.74) is 9.35. The number of carbonyl (C=O) groups is 1. The zero-order valence-corrected chi connectivity index (χ0v) is 18.1. The number of nitrogens with two attached hydrogens (primary N) is 1. The van der Waals surface area contributed by atoms with E-state index in [1.807, 2.05) is 36.4 Å². The standard InChI is InChI=1S/C24H27ClN4O/c1-15-6-5-9-20(25)23(15)21-10-16(11-22(26)29(21)2)12-28-24(30)19-14-27-13-17-7-3-4-8-18(17)19/h3-9,13-14,16,21-22H,10-12,26H2,1-2H3,(H,28,30). The summed E-state index contributed by atoms with van der Waals surface area (Å²) in [5.74, 6) is 0.168. The number of fused-ring (bicyclic) bond motifs is 1. The van der Waals surface area contributed by atoms with Gasteiger partial charge in [0.2, 0.25) is 0 Å². The molecule has 3 atom stereocenters. The number of carbonyl (C=O) groups excluding carboxylic acids is 1. The highest BCUT2D eigenvalue weighted by Crippen LogP contribution is 2.39. The molecule has 0 aliphatic carbocycles. The predicted molar refractivity (Wildman–Crippen MR) is 121 cm³/mol. The van der Waals surface area contributed by atoms with Gasteiger partial charge in [-0.15, -0.1) is 0 Å². The van der Waals surface area contributed by atoms with Crippen molar-refractivity contribution in [3.63, 3.8) is 0 Å². The topological polar surface area (TPSA) is 71.2 Å². The smallest absolute Gasteiger partial charge is 0.253 e. The van der Waals surface area contributed by atoms with Gasteiger partial charge in [-0.05, 0) is 55.3 Å². The van der Waals surface area contributed by atoms with Crippen molar-refractivity contribution >= 4 is 28.3 Å². The molecule has 1 aliphatic rings. The molecule has 2 heterocycles. The number of nitrogens with one attached hydrogen (secondary N) is 1. The fourth-order valence-electron chi connectivity index (χ4n) is 4.50. The van der Waals surface area contributed by atoms with E-state index in [1.54, 1.807) is 12.4 Å². The van der Waals surface area contributed by atoms with Crippen LogP contribution in [-0.4, -0.2) is 35.5 Å². The molecule has 3 unspecified atom stereocenters. The zero-order valence-electron chi connectivity index (χ0n) is 17.3.